The van der Waals surface area contributed by atoms with Gasteiger partial charge in [0.1, 0.15) is 6.54 Å². The minimum absolute atomic E-state index is 0.0193. The van der Waals surface area contributed by atoms with Gasteiger partial charge in [0.2, 0.25) is 5.91 Å². The molecule has 1 aromatic carbocycles. The van der Waals surface area contributed by atoms with E-state index in [0.717, 1.165) is 18.5 Å². The van der Waals surface area contributed by atoms with Gasteiger partial charge in [-0.3, -0.25) is 14.5 Å². The van der Waals surface area contributed by atoms with Crippen molar-refractivity contribution >= 4 is 35.2 Å². The zero-order valence-electron chi connectivity index (χ0n) is 15.4. The lowest BCUT2D eigenvalue weighted by Crippen LogP contribution is -2.47. The smallest absolute Gasteiger partial charge is 0.325 e. The fourth-order valence-corrected chi connectivity index (χ4v) is 3.72. The van der Waals surface area contributed by atoms with Crippen LogP contribution >= 0.6 is 11.6 Å². The zero-order valence-corrected chi connectivity index (χ0v) is 16.2. The van der Waals surface area contributed by atoms with Gasteiger partial charge >= 0.3 is 12.0 Å². The predicted octanol–water partition coefficient (Wildman–Crippen LogP) is 2.38. The van der Waals surface area contributed by atoms with Crippen LogP contribution < -0.4 is 4.90 Å². The molecule has 0 aromatic heterocycles. The lowest BCUT2D eigenvalue weighted by molar-refractivity contribution is -0.151. The van der Waals surface area contributed by atoms with Gasteiger partial charge in [-0.2, -0.15) is 0 Å². The highest BCUT2D eigenvalue weighted by Crippen LogP contribution is 2.24. The highest BCUT2D eigenvalue weighted by Gasteiger charge is 2.34. The number of benzene rings is 1. The van der Waals surface area contributed by atoms with E-state index in [0.29, 0.717) is 37.8 Å². The zero-order chi connectivity index (χ0) is 19.4. The van der Waals surface area contributed by atoms with Gasteiger partial charge in [-0.1, -0.05) is 17.7 Å². The molecule has 1 atom stereocenters. The number of anilines is 1. The van der Waals surface area contributed by atoms with Crippen molar-refractivity contribution in [2.24, 2.45) is 5.92 Å². The van der Waals surface area contributed by atoms with Gasteiger partial charge in [0.25, 0.3) is 0 Å². The molecule has 0 aliphatic carbocycles. The summed E-state index contributed by atoms with van der Waals surface area (Å²) in [5.74, 6) is -0.662. The first-order valence-corrected chi connectivity index (χ1v) is 9.63. The minimum atomic E-state index is -0.278. The van der Waals surface area contributed by atoms with Gasteiger partial charge in [-0.15, -0.1) is 0 Å². The lowest BCUT2D eigenvalue weighted by Gasteiger charge is -2.32. The first-order valence-electron chi connectivity index (χ1n) is 9.26. The Balaban J connectivity index is 1.58. The number of carbonyl (C=O) groups is 3. The number of likely N-dealkylation sites (tertiary alicyclic amines) is 1. The van der Waals surface area contributed by atoms with E-state index < -0.39 is 0 Å². The fraction of sp³-hybridized carbons (Fsp3) is 0.526. The van der Waals surface area contributed by atoms with Gasteiger partial charge in [0.05, 0.1) is 12.5 Å². The number of ether oxygens (including phenoxy) is 1. The number of nitrogens with zero attached hydrogens (tertiary/aromatic N) is 3. The Labute approximate surface area is 163 Å². The third-order valence-corrected chi connectivity index (χ3v) is 5.17. The summed E-state index contributed by atoms with van der Waals surface area (Å²) in [6.07, 6.45) is 1.49. The number of rotatable bonds is 5. The van der Waals surface area contributed by atoms with E-state index in [1.54, 1.807) is 34.9 Å². The summed E-state index contributed by atoms with van der Waals surface area (Å²) in [7, 11) is 0. The molecule has 0 radical (unpaired) electrons. The van der Waals surface area contributed by atoms with Crippen LogP contribution in [0.25, 0.3) is 0 Å². The Morgan fingerprint density at radius 2 is 2.07 bits per heavy atom. The second kappa shape index (κ2) is 8.61. The Bertz CT molecular complexity index is 727. The van der Waals surface area contributed by atoms with Crippen molar-refractivity contribution in [2.45, 2.75) is 19.8 Å². The van der Waals surface area contributed by atoms with E-state index in [1.165, 1.54) is 4.90 Å². The molecule has 2 heterocycles. The van der Waals surface area contributed by atoms with Crippen LogP contribution in [0.15, 0.2) is 24.3 Å². The fourth-order valence-electron chi connectivity index (χ4n) is 3.53. The average molecular weight is 394 g/mol. The summed E-state index contributed by atoms with van der Waals surface area (Å²) in [5, 5.41) is 0.563. The number of urea groups is 1. The molecular formula is C19H24ClN3O4. The average Bonchev–Trinajstić information content (AvgIpc) is 3.02. The topological polar surface area (TPSA) is 70.2 Å². The van der Waals surface area contributed by atoms with Gasteiger partial charge in [-0.25, -0.2) is 4.79 Å². The second-order valence-electron chi connectivity index (χ2n) is 6.77. The summed E-state index contributed by atoms with van der Waals surface area (Å²) in [5.41, 5.74) is 0.725. The molecule has 1 aromatic rings. The van der Waals surface area contributed by atoms with Crippen molar-refractivity contribution in [3.8, 4) is 0 Å². The maximum Gasteiger partial charge on any atom is 0.325 e. The molecule has 0 N–H and O–H groups in total. The predicted molar refractivity (Wildman–Crippen MR) is 102 cm³/mol. The van der Waals surface area contributed by atoms with E-state index >= 15 is 0 Å². The Morgan fingerprint density at radius 3 is 2.81 bits per heavy atom. The summed E-state index contributed by atoms with van der Waals surface area (Å²) >= 11 is 6.00. The summed E-state index contributed by atoms with van der Waals surface area (Å²) in [6.45, 7) is 4.08. The van der Waals surface area contributed by atoms with Crippen LogP contribution in [0.3, 0.4) is 0 Å². The van der Waals surface area contributed by atoms with Crippen LogP contribution in [-0.2, 0) is 14.3 Å². The first kappa shape index (κ1) is 19.5. The Hall–Kier alpha value is -2.28. The van der Waals surface area contributed by atoms with Crippen LogP contribution in [0.2, 0.25) is 5.02 Å². The SMILES string of the molecule is CCOC(=O)C1CCCN(C(=O)CN2CCN(c3cccc(Cl)c3)C2=O)C1. The summed E-state index contributed by atoms with van der Waals surface area (Å²) in [6, 6.07) is 6.90. The van der Waals surface area contributed by atoms with Crippen molar-refractivity contribution < 1.29 is 19.1 Å². The van der Waals surface area contributed by atoms with E-state index in [2.05, 4.69) is 0 Å². The standard InChI is InChI=1S/C19H24ClN3O4/c1-2-27-18(25)14-5-4-8-21(12-14)17(24)13-22-9-10-23(19(22)26)16-7-3-6-15(20)11-16/h3,6-7,11,14H,2,4-5,8-10,12-13H2,1H3. The van der Waals surface area contributed by atoms with Crippen LogP contribution in [0, 0.1) is 5.92 Å². The van der Waals surface area contributed by atoms with E-state index in [1.807, 2.05) is 6.07 Å². The number of esters is 1. The van der Waals surface area contributed by atoms with Crippen molar-refractivity contribution in [1.29, 1.82) is 0 Å². The number of hydrogen-bond donors (Lipinski definition) is 0. The molecule has 1 unspecified atom stereocenters. The van der Waals surface area contributed by atoms with Crippen molar-refractivity contribution in [2.75, 3.05) is 44.2 Å². The van der Waals surface area contributed by atoms with Crippen LogP contribution in [0.1, 0.15) is 19.8 Å². The molecular weight excluding hydrogens is 370 g/mol. The Kier molecular flexibility index (Phi) is 6.21. The molecule has 27 heavy (non-hydrogen) atoms. The quantitative estimate of drug-likeness (QED) is 0.720. The lowest BCUT2D eigenvalue weighted by atomic mass is 9.98. The van der Waals surface area contributed by atoms with Crippen LogP contribution in [-0.4, -0.2) is 67.0 Å². The van der Waals surface area contributed by atoms with Crippen molar-refractivity contribution in [1.82, 2.24) is 9.80 Å². The van der Waals surface area contributed by atoms with Gasteiger partial charge in [0, 0.05) is 36.9 Å². The number of halogens is 1. The molecule has 146 valence electrons. The third-order valence-electron chi connectivity index (χ3n) is 4.93. The van der Waals surface area contributed by atoms with E-state index in [9.17, 15) is 14.4 Å². The molecule has 2 saturated heterocycles. The molecule has 2 aliphatic heterocycles. The Morgan fingerprint density at radius 1 is 1.26 bits per heavy atom. The maximum absolute atomic E-state index is 12.7. The third kappa shape index (κ3) is 4.53. The molecule has 0 saturated carbocycles. The van der Waals surface area contributed by atoms with Gasteiger partial charge in [0.15, 0.2) is 0 Å². The van der Waals surface area contributed by atoms with Crippen LogP contribution in [0.4, 0.5) is 10.5 Å². The minimum Gasteiger partial charge on any atom is -0.466 e. The van der Waals surface area contributed by atoms with E-state index in [-0.39, 0.29) is 30.4 Å². The number of carbonyl (C=O) groups excluding carboxylic acids is 3. The second-order valence-corrected chi connectivity index (χ2v) is 7.20. The number of amides is 3. The van der Waals surface area contributed by atoms with Crippen LogP contribution in [0.5, 0.6) is 0 Å². The molecule has 3 amide bonds. The number of piperidine rings is 1. The molecule has 0 spiro atoms. The summed E-state index contributed by atoms with van der Waals surface area (Å²) in [4.78, 5) is 42.1. The first-order chi connectivity index (χ1) is 13.0. The molecule has 0 bridgehead atoms. The van der Waals surface area contributed by atoms with E-state index in [4.69, 9.17) is 16.3 Å². The summed E-state index contributed by atoms with van der Waals surface area (Å²) < 4.78 is 5.07. The molecule has 3 rings (SSSR count). The highest BCUT2D eigenvalue weighted by atomic mass is 35.5. The van der Waals surface area contributed by atoms with Gasteiger partial charge in [-0.05, 0) is 38.0 Å². The molecule has 8 heteroatoms. The maximum atomic E-state index is 12.7. The van der Waals surface area contributed by atoms with Gasteiger partial charge < -0.3 is 14.5 Å². The molecule has 7 nitrogen and oxygen atoms in total. The van der Waals surface area contributed by atoms with Crippen molar-refractivity contribution in [3.63, 3.8) is 0 Å². The highest BCUT2D eigenvalue weighted by molar-refractivity contribution is 6.30. The monoisotopic (exact) mass is 393 g/mol. The molecule has 2 aliphatic rings. The van der Waals surface area contributed by atoms with Crippen molar-refractivity contribution in [3.05, 3.63) is 29.3 Å². The largest absolute Gasteiger partial charge is 0.466 e. The normalized spacial score (nSPS) is 20.1. The molecule has 2 fully saturated rings. The number of hydrogen-bond acceptors (Lipinski definition) is 4.